The monoisotopic (exact) mass is 526 g/mol. The Morgan fingerprint density at radius 1 is 0.895 bits per heavy atom. The topological polar surface area (TPSA) is 26.3 Å². The summed E-state index contributed by atoms with van der Waals surface area (Å²) in [4.78, 5) is 12.7. The van der Waals surface area contributed by atoms with Gasteiger partial charge in [-0.2, -0.15) is 0 Å². The molecular weight excluding hydrogens is 464 g/mol. The molecule has 5 atom stereocenters. The molecule has 0 N–H and O–H groups in total. The normalized spacial score (nSPS) is 32.7. The lowest BCUT2D eigenvalue weighted by Gasteiger charge is -2.60. The van der Waals surface area contributed by atoms with Gasteiger partial charge in [-0.3, -0.25) is 4.79 Å². The minimum atomic E-state index is 0.0392. The van der Waals surface area contributed by atoms with Crippen LogP contribution in [0.15, 0.2) is 24.3 Å². The molecule has 3 aliphatic rings. The van der Waals surface area contributed by atoms with Crippen LogP contribution in [-0.4, -0.2) is 12.6 Å². The molecule has 0 saturated heterocycles. The molecule has 218 valence electrons. The number of ether oxygens (including phenoxy) is 1. The van der Waals surface area contributed by atoms with Crippen molar-refractivity contribution in [1.29, 1.82) is 0 Å². The first kappa shape index (κ1) is 31.5. The Bertz CT molecular complexity index is 767. The average Bonchev–Trinajstić information content (AvgIpc) is 2.90. The van der Waals surface area contributed by atoms with Gasteiger partial charge in [-0.15, -0.1) is 6.58 Å². The summed E-state index contributed by atoms with van der Waals surface area (Å²) in [7, 11) is 0. The highest BCUT2D eigenvalue weighted by Gasteiger charge is 2.56. The smallest absolute Gasteiger partial charge is 0.305 e. The van der Waals surface area contributed by atoms with Gasteiger partial charge in [0.05, 0.1) is 6.61 Å². The predicted octanol–water partition coefficient (Wildman–Crippen LogP) is 11.1. The molecule has 2 nitrogen and oxygen atoms in total. The highest BCUT2D eigenvalue weighted by atomic mass is 16.5. The number of hydrogen-bond donors (Lipinski definition) is 0. The molecule has 38 heavy (non-hydrogen) atoms. The van der Waals surface area contributed by atoms with Gasteiger partial charge < -0.3 is 4.74 Å². The third kappa shape index (κ3) is 8.47. The fourth-order valence-electron chi connectivity index (χ4n) is 8.60. The molecule has 0 spiro atoms. The molecule has 0 radical (unpaired) electrons. The van der Waals surface area contributed by atoms with Crippen molar-refractivity contribution in [2.45, 2.75) is 163 Å². The van der Waals surface area contributed by atoms with Crippen LogP contribution in [0.3, 0.4) is 0 Å². The maximum atomic E-state index is 12.7. The zero-order valence-corrected chi connectivity index (χ0v) is 25.9. The molecule has 3 rings (SSSR count). The van der Waals surface area contributed by atoms with Crippen LogP contribution in [0.1, 0.15) is 163 Å². The second kappa shape index (κ2) is 15.1. The number of fused-ring (bicyclic) bond motifs is 3. The third-order valence-electron chi connectivity index (χ3n) is 11.1. The summed E-state index contributed by atoms with van der Waals surface area (Å²) >= 11 is 0. The third-order valence-corrected chi connectivity index (χ3v) is 11.1. The Morgan fingerprint density at radius 2 is 1.50 bits per heavy atom. The summed E-state index contributed by atoms with van der Waals surface area (Å²) in [6, 6.07) is 0. The number of unbranched alkanes of at least 4 members (excludes halogenated alkanes) is 12. The molecule has 2 heteroatoms. The zero-order valence-electron chi connectivity index (χ0n) is 25.9. The van der Waals surface area contributed by atoms with Gasteiger partial charge in [-0.05, 0) is 62.2 Å². The second-order valence-corrected chi connectivity index (χ2v) is 14.3. The molecule has 0 aromatic rings. The van der Waals surface area contributed by atoms with Crippen molar-refractivity contribution >= 4 is 5.97 Å². The van der Waals surface area contributed by atoms with Gasteiger partial charge >= 0.3 is 5.97 Å². The molecule has 0 aromatic heterocycles. The Balaban J connectivity index is 1.32. The summed E-state index contributed by atoms with van der Waals surface area (Å²) in [5.41, 5.74) is 2.35. The molecule has 2 saturated carbocycles. The quantitative estimate of drug-likeness (QED) is 0.107. The molecule has 0 amide bonds. The van der Waals surface area contributed by atoms with Gasteiger partial charge in [-0.1, -0.05) is 129 Å². The second-order valence-electron chi connectivity index (χ2n) is 14.3. The molecule has 5 unspecified atom stereocenters. The molecule has 0 heterocycles. The van der Waals surface area contributed by atoms with Crippen molar-refractivity contribution in [1.82, 2.24) is 0 Å². The summed E-state index contributed by atoms with van der Waals surface area (Å²) < 4.78 is 6.01. The maximum Gasteiger partial charge on any atom is 0.305 e. The van der Waals surface area contributed by atoms with E-state index in [1.165, 1.54) is 122 Å². The molecule has 3 aliphatic carbocycles. The van der Waals surface area contributed by atoms with E-state index in [1.54, 1.807) is 5.57 Å². The fourth-order valence-corrected chi connectivity index (χ4v) is 8.60. The Morgan fingerprint density at radius 3 is 2.11 bits per heavy atom. The lowest BCUT2D eigenvalue weighted by Crippen LogP contribution is -2.53. The van der Waals surface area contributed by atoms with Crippen LogP contribution >= 0.6 is 0 Å². The molecule has 0 bridgehead atoms. The lowest BCUT2D eigenvalue weighted by atomic mass is 9.45. The van der Waals surface area contributed by atoms with E-state index < -0.39 is 0 Å². The number of allylic oxidation sites excluding steroid dienone is 3. The largest absolute Gasteiger partial charge is 0.465 e. The maximum absolute atomic E-state index is 12.7. The van der Waals surface area contributed by atoms with Gasteiger partial charge in [0, 0.05) is 17.3 Å². The van der Waals surface area contributed by atoms with Crippen LogP contribution in [0.25, 0.3) is 0 Å². The number of rotatable bonds is 17. The number of esters is 1. The number of hydrogen-bond acceptors (Lipinski definition) is 2. The van der Waals surface area contributed by atoms with Crippen LogP contribution in [0.4, 0.5) is 0 Å². The van der Waals surface area contributed by atoms with E-state index in [1.807, 2.05) is 0 Å². The minimum Gasteiger partial charge on any atom is -0.465 e. The summed E-state index contributed by atoms with van der Waals surface area (Å²) in [6.45, 7) is 14.4. The van der Waals surface area contributed by atoms with Crippen LogP contribution in [0, 0.1) is 28.1 Å². The van der Waals surface area contributed by atoms with Crippen molar-refractivity contribution < 1.29 is 9.53 Å². The van der Waals surface area contributed by atoms with Crippen molar-refractivity contribution in [2.24, 2.45) is 28.1 Å². The molecule has 0 aromatic carbocycles. The van der Waals surface area contributed by atoms with Gasteiger partial charge in [0.15, 0.2) is 0 Å². The first-order valence-electron chi connectivity index (χ1n) is 16.8. The molecular formula is C36H62O2. The summed E-state index contributed by atoms with van der Waals surface area (Å²) in [6.07, 6.45) is 31.5. The van der Waals surface area contributed by atoms with E-state index in [0.717, 1.165) is 6.42 Å². The van der Waals surface area contributed by atoms with E-state index in [4.69, 9.17) is 4.74 Å². The summed E-state index contributed by atoms with van der Waals surface area (Å²) in [5, 5.41) is 0. The van der Waals surface area contributed by atoms with E-state index in [9.17, 15) is 4.79 Å². The zero-order chi connectivity index (χ0) is 27.5. The summed E-state index contributed by atoms with van der Waals surface area (Å²) in [5.74, 6) is 1.40. The standard InChI is InChI=1S/C36H62O2/c1-6-8-9-10-11-12-13-14-15-16-17-18-19-21-33(37)38-29-35(4)25-20-26-36(5)31-24-27-34(3,7-2)28-30(31)22-23-32(35)36/h7,28,31-32H,2,6,8-27,29H2,1,3-5H3. The Kier molecular flexibility index (Phi) is 12.5. The van der Waals surface area contributed by atoms with E-state index in [2.05, 4.69) is 46.4 Å². The van der Waals surface area contributed by atoms with Crippen LogP contribution in [-0.2, 0) is 9.53 Å². The van der Waals surface area contributed by atoms with Crippen molar-refractivity contribution in [3.63, 3.8) is 0 Å². The first-order valence-corrected chi connectivity index (χ1v) is 16.8. The SMILES string of the molecule is C=CC1(C)C=C2CCC3C(C)(COC(=O)CCCCCCCCCCCCCCC)CCCC3(C)C2CC1. The van der Waals surface area contributed by atoms with E-state index >= 15 is 0 Å². The average molecular weight is 527 g/mol. The van der Waals surface area contributed by atoms with Gasteiger partial charge in [0.25, 0.3) is 0 Å². The molecule has 2 fully saturated rings. The lowest BCUT2D eigenvalue weighted by molar-refractivity contribution is -0.155. The van der Waals surface area contributed by atoms with Gasteiger partial charge in [0.1, 0.15) is 0 Å². The highest BCUT2D eigenvalue weighted by Crippen LogP contribution is 2.64. The predicted molar refractivity (Wildman–Crippen MR) is 163 cm³/mol. The van der Waals surface area contributed by atoms with Crippen molar-refractivity contribution in [2.75, 3.05) is 6.61 Å². The van der Waals surface area contributed by atoms with Crippen molar-refractivity contribution in [3.8, 4) is 0 Å². The van der Waals surface area contributed by atoms with Gasteiger partial charge in [0.2, 0.25) is 0 Å². The van der Waals surface area contributed by atoms with Gasteiger partial charge in [-0.25, -0.2) is 0 Å². The van der Waals surface area contributed by atoms with Crippen LogP contribution in [0.2, 0.25) is 0 Å². The highest BCUT2D eigenvalue weighted by molar-refractivity contribution is 5.69. The Hall–Kier alpha value is -1.05. The van der Waals surface area contributed by atoms with Crippen LogP contribution in [0.5, 0.6) is 0 Å². The minimum absolute atomic E-state index is 0.0392. The fraction of sp³-hybridized carbons (Fsp3) is 0.861. The Labute approximate surface area is 236 Å². The first-order chi connectivity index (χ1) is 18.3. The van der Waals surface area contributed by atoms with E-state index in [-0.39, 0.29) is 16.8 Å². The van der Waals surface area contributed by atoms with Crippen molar-refractivity contribution in [3.05, 3.63) is 24.3 Å². The van der Waals surface area contributed by atoms with Crippen LogP contribution < -0.4 is 0 Å². The number of carbonyl (C=O) groups excluding carboxylic acids is 1. The molecule has 0 aliphatic heterocycles. The van der Waals surface area contributed by atoms with E-state index in [0.29, 0.717) is 30.3 Å². The number of carbonyl (C=O) groups is 1.